The number of benzene rings is 2. The summed E-state index contributed by atoms with van der Waals surface area (Å²) in [7, 11) is -4.01. The van der Waals surface area contributed by atoms with Crippen molar-refractivity contribution in [3.8, 4) is 34.3 Å². The zero-order valence-corrected chi connectivity index (χ0v) is 20.8. The third-order valence-corrected chi connectivity index (χ3v) is 5.30. The number of aromatic nitrogens is 1. The molecule has 1 heterocycles. The maximum absolute atomic E-state index is 15.0. The zero-order chi connectivity index (χ0) is 27.4. The van der Waals surface area contributed by atoms with Gasteiger partial charge in [-0.15, -0.1) is 13.2 Å². The molecule has 0 unspecified atom stereocenters. The number of pyridine rings is 1. The normalized spacial score (nSPS) is 11.6. The van der Waals surface area contributed by atoms with Crippen LogP contribution in [0.1, 0.15) is 23.7 Å². The van der Waals surface area contributed by atoms with Gasteiger partial charge in [-0.2, -0.15) is 0 Å². The number of hydrogen-bond acceptors (Lipinski definition) is 7. The van der Waals surface area contributed by atoms with Crippen molar-refractivity contribution in [2.24, 2.45) is 0 Å². The summed E-state index contributed by atoms with van der Waals surface area (Å²) >= 11 is 5.88. The first-order valence-corrected chi connectivity index (χ1v) is 12.7. The first kappa shape index (κ1) is 28.0. The van der Waals surface area contributed by atoms with Gasteiger partial charge in [0.15, 0.2) is 0 Å². The van der Waals surface area contributed by atoms with Crippen molar-refractivity contribution < 1.29 is 45.0 Å². The van der Waals surface area contributed by atoms with E-state index in [2.05, 4.69) is 9.72 Å². The summed E-state index contributed by atoms with van der Waals surface area (Å²) in [6, 6.07) is 7.99. The molecule has 0 fully saturated rings. The van der Waals surface area contributed by atoms with Gasteiger partial charge in [0.2, 0.25) is 15.9 Å². The summed E-state index contributed by atoms with van der Waals surface area (Å²) in [4.78, 5) is 16.6. The minimum absolute atomic E-state index is 0.0750. The lowest BCUT2D eigenvalue weighted by molar-refractivity contribution is -0.274. The first-order valence-electron chi connectivity index (χ1n) is 10.4. The molecule has 3 aromatic rings. The molecule has 0 saturated heterocycles. The van der Waals surface area contributed by atoms with Gasteiger partial charge in [-0.25, -0.2) is 22.5 Å². The summed E-state index contributed by atoms with van der Waals surface area (Å²) in [6.07, 6.45) is -2.17. The highest BCUT2D eigenvalue weighted by Gasteiger charge is 2.32. The number of nitrogens with zero attached hydrogens (tertiary/aromatic N) is 1. The van der Waals surface area contributed by atoms with E-state index in [0.29, 0.717) is 6.42 Å². The monoisotopic (exact) mass is 562 g/mol. The summed E-state index contributed by atoms with van der Waals surface area (Å²) in [5.74, 6) is -3.21. The molecular formula is C23H19ClF4N2O6S. The van der Waals surface area contributed by atoms with E-state index in [0.717, 1.165) is 36.6 Å². The lowest BCUT2D eigenvalue weighted by atomic mass is 10.0. The molecule has 2 aromatic carbocycles. The molecule has 0 aliphatic heterocycles. The minimum Gasteiger partial charge on any atom is -0.477 e. The number of carbonyl (C=O) groups excluding carboxylic acids is 1. The number of carbonyl (C=O) groups is 1. The highest BCUT2D eigenvalue weighted by atomic mass is 35.5. The third kappa shape index (κ3) is 7.70. The van der Waals surface area contributed by atoms with Gasteiger partial charge in [-0.3, -0.25) is 4.79 Å². The van der Waals surface area contributed by atoms with Crippen molar-refractivity contribution in [1.29, 1.82) is 0 Å². The lowest BCUT2D eigenvalue weighted by Crippen LogP contribution is -2.30. The lowest BCUT2D eigenvalue weighted by Gasteiger charge is -2.17. The largest absolute Gasteiger partial charge is 0.573 e. The number of ether oxygens (including phenoxy) is 3. The van der Waals surface area contributed by atoms with Crippen LogP contribution in [0.15, 0.2) is 48.7 Å². The zero-order valence-electron chi connectivity index (χ0n) is 19.2. The average Bonchev–Trinajstić information content (AvgIpc) is 2.78. The van der Waals surface area contributed by atoms with Crippen LogP contribution in [0.25, 0.3) is 11.1 Å². The number of alkyl halides is 3. The molecule has 3 rings (SSSR count). The summed E-state index contributed by atoms with van der Waals surface area (Å²) in [5, 5.41) is -0.436. The Labute approximate surface area is 214 Å². The second-order valence-corrected chi connectivity index (χ2v) is 9.63. The van der Waals surface area contributed by atoms with Crippen LogP contribution in [0, 0.1) is 5.82 Å². The van der Waals surface area contributed by atoms with Crippen LogP contribution < -0.4 is 18.9 Å². The van der Waals surface area contributed by atoms with E-state index < -0.39 is 44.4 Å². The number of amides is 1. The van der Waals surface area contributed by atoms with E-state index in [1.807, 2.05) is 6.92 Å². The van der Waals surface area contributed by atoms with E-state index in [9.17, 15) is 30.8 Å². The Morgan fingerprint density at radius 3 is 2.46 bits per heavy atom. The molecule has 0 aliphatic rings. The van der Waals surface area contributed by atoms with Gasteiger partial charge in [-0.05, 0) is 36.8 Å². The fourth-order valence-electron chi connectivity index (χ4n) is 3.04. The van der Waals surface area contributed by atoms with E-state index in [-0.39, 0.29) is 35.1 Å². The first-order chi connectivity index (χ1) is 17.3. The molecule has 0 saturated carbocycles. The van der Waals surface area contributed by atoms with Crippen LogP contribution in [-0.4, -0.2) is 38.5 Å². The van der Waals surface area contributed by atoms with E-state index in [1.54, 1.807) is 10.8 Å². The van der Waals surface area contributed by atoms with Gasteiger partial charge in [0.25, 0.3) is 5.91 Å². The summed E-state index contributed by atoms with van der Waals surface area (Å²) in [5.41, 5.74) is -0.279. The predicted octanol–water partition coefficient (Wildman–Crippen LogP) is 5.71. The molecule has 0 atom stereocenters. The topological polar surface area (TPSA) is 104 Å². The maximum Gasteiger partial charge on any atom is 0.573 e. The Balaban J connectivity index is 2.12. The van der Waals surface area contributed by atoms with Gasteiger partial charge in [0.05, 0.1) is 23.4 Å². The standard InChI is InChI=1S/C23H19ClF4N2O6S/c1-3-9-34-22-14(5-4-8-29-22)15-11-16(21(31)30-37(2,32)33)18(25)12-20(15)35-13-6-7-19(17(24)10-13)36-23(26,27)28/h4-8,10-12H,3,9H2,1-2H3,(H,30,31). The highest BCUT2D eigenvalue weighted by Crippen LogP contribution is 2.41. The molecule has 0 aliphatic carbocycles. The van der Waals surface area contributed by atoms with E-state index >= 15 is 0 Å². The van der Waals surface area contributed by atoms with E-state index in [4.69, 9.17) is 21.1 Å². The fraction of sp³-hybridized carbons (Fsp3) is 0.217. The molecule has 1 N–H and O–H groups in total. The van der Waals surface area contributed by atoms with Gasteiger partial charge in [-0.1, -0.05) is 18.5 Å². The quantitative estimate of drug-likeness (QED) is 0.333. The van der Waals surface area contributed by atoms with Crippen LogP contribution in [0.5, 0.6) is 23.1 Å². The van der Waals surface area contributed by atoms with Gasteiger partial charge >= 0.3 is 6.36 Å². The molecule has 1 aromatic heterocycles. The Kier molecular flexibility index (Phi) is 8.49. The van der Waals surface area contributed by atoms with Gasteiger partial charge in [0.1, 0.15) is 23.1 Å². The second kappa shape index (κ2) is 11.2. The van der Waals surface area contributed by atoms with Gasteiger partial charge in [0, 0.05) is 29.5 Å². The average molecular weight is 563 g/mol. The van der Waals surface area contributed by atoms with Crippen molar-refractivity contribution in [3.63, 3.8) is 0 Å². The van der Waals surface area contributed by atoms with Crippen LogP contribution in [0.2, 0.25) is 5.02 Å². The van der Waals surface area contributed by atoms with Crippen molar-refractivity contribution in [2.45, 2.75) is 19.7 Å². The number of halogens is 5. The summed E-state index contributed by atoms with van der Waals surface area (Å²) in [6.45, 7) is 2.14. The number of sulfonamides is 1. The van der Waals surface area contributed by atoms with Crippen molar-refractivity contribution in [1.82, 2.24) is 9.71 Å². The van der Waals surface area contributed by atoms with Crippen LogP contribution in [0.4, 0.5) is 17.6 Å². The Bertz CT molecular complexity index is 1420. The molecule has 8 nitrogen and oxygen atoms in total. The fourth-order valence-corrected chi connectivity index (χ4v) is 3.69. The predicted molar refractivity (Wildman–Crippen MR) is 126 cm³/mol. The molecule has 0 spiro atoms. The Hall–Kier alpha value is -3.58. The SMILES string of the molecule is CCCOc1ncccc1-c1cc(C(=O)NS(C)(=O)=O)c(F)cc1Oc1ccc(OC(F)(F)F)c(Cl)c1. The number of hydrogen-bond donors (Lipinski definition) is 1. The number of nitrogens with one attached hydrogen (secondary N) is 1. The van der Waals surface area contributed by atoms with Crippen LogP contribution in [0.3, 0.4) is 0 Å². The molecule has 14 heteroatoms. The van der Waals surface area contributed by atoms with Crippen LogP contribution >= 0.6 is 11.6 Å². The Morgan fingerprint density at radius 1 is 1.11 bits per heavy atom. The molecule has 198 valence electrons. The Morgan fingerprint density at radius 2 is 1.84 bits per heavy atom. The van der Waals surface area contributed by atoms with Crippen molar-refractivity contribution >= 4 is 27.5 Å². The number of rotatable bonds is 9. The van der Waals surface area contributed by atoms with Gasteiger partial charge < -0.3 is 14.2 Å². The third-order valence-electron chi connectivity index (χ3n) is 4.45. The maximum atomic E-state index is 15.0. The summed E-state index contributed by atoms with van der Waals surface area (Å²) < 4.78 is 92.5. The van der Waals surface area contributed by atoms with Crippen LogP contribution in [-0.2, 0) is 10.0 Å². The van der Waals surface area contributed by atoms with Crippen molar-refractivity contribution in [2.75, 3.05) is 12.9 Å². The minimum atomic E-state index is -4.97. The molecule has 1 amide bonds. The highest BCUT2D eigenvalue weighted by molar-refractivity contribution is 7.89. The van der Waals surface area contributed by atoms with E-state index in [1.165, 1.54) is 12.3 Å². The molecule has 37 heavy (non-hydrogen) atoms. The molecule has 0 bridgehead atoms. The smallest absolute Gasteiger partial charge is 0.477 e. The van der Waals surface area contributed by atoms with Crippen molar-refractivity contribution in [3.05, 3.63) is 65.1 Å². The molecule has 0 radical (unpaired) electrons. The second-order valence-electron chi connectivity index (χ2n) is 7.48. The molecular weight excluding hydrogens is 544 g/mol.